The fourth-order valence-corrected chi connectivity index (χ4v) is 6.34. The van der Waals surface area contributed by atoms with E-state index in [9.17, 15) is 18.0 Å². The molecule has 0 saturated heterocycles. The zero-order valence-electron chi connectivity index (χ0n) is 24.3. The van der Waals surface area contributed by atoms with Crippen molar-refractivity contribution >= 4 is 27.5 Å². The van der Waals surface area contributed by atoms with Crippen LogP contribution in [0.1, 0.15) is 54.4 Å². The van der Waals surface area contributed by atoms with E-state index in [1.807, 2.05) is 74.5 Å². The summed E-state index contributed by atoms with van der Waals surface area (Å²) in [4.78, 5) is 29.8. The second-order valence-electron chi connectivity index (χ2n) is 11.2. The van der Waals surface area contributed by atoms with Gasteiger partial charge in [-0.25, -0.2) is 8.42 Å². The maximum Gasteiger partial charge on any atom is 0.244 e. The third-order valence-corrected chi connectivity index (χ3v) is 8.77. The second kappa shape index (κ2) is 13.8. The van der Waals surface area contributed by atoms with Crippen molar-refractivity contribution in [2.75, 3.05) is 17.1 Å². The van der Waals surface area contributed by atoms with Crippen LogP contribution in [0.5, 0.6) is 0 Å². The summed E-state index contributed by atoms with van der Waals surface area (Å²) in [7, 11) is -3.79. The predicted molar refractivity (Wildman–Crippen MR) is 164 cm³/mol. The molecular weight excluding hydrogens is 534 g/mol. The van der Waals surface area contributed by atoms with E-state index in [1.54, 1.807) is 23.1 Å². The summed E-state index contributed by atoms with van der Waals surface area (Å²) in [6.45, 7) is 3.63. The smallest absolute Gasteiger partial charge is 0.244 e. The van der Waals surface area contributed by atoms with E-state index in [0.717, 1.165) is 64.9 Å². The molecule has 2 amide bonds. The summed E-state index contributed by atoms with van der Waals surface area (Å²) in [5.74, 6) is -0.638. The van der Waals surface area contributed by atoms with Gasteiger partial charge in [-0.2, -0.15) is 0 Å². The van der Waals surface area contributed by atoms with Crippen molar-refractivity contribution in [3.63, 3.8) is 0 Å². The summed E-state index contributed by atoms with van der Waals surface area (Å²) in [6.07, 6.45) is 6.57. The number of aryl methyl sites for hydroxylation is 2. The highest BCUT2D eigenvalue weighted by Crippen LogP contribution is 2.23. The Labute approximate surface area is 244 Å². The molecule has 0 unspecified atom stereocenters. The summed E-state index contributed by atoms with van der Waals surface area (Å²) in [5, 5.41) is 3.23. The minimum atomic E-state index is -3.79. The lowest BCUT2D eigenvalue weighted by Crippen LogP contribution is -2.55. The van der Waals surface area contributed by atoms with Gasteiger partial charge in [0.1, 0.15) is 12.6 Å². The molecule has 1 atom stereocenters. The van der Waals surface area contributed by atoms with E-state index in [0.29, 0.717) is 12.1 Å². The Kier molecular flexibility index (Phi) is 10.2. The molecule has 3 aromatic carbocycles. The lowest BCUT2D eigenvalue weighted by molar-refractivity contribution is -0.140. The van der Waals surface area contributed by atoms with Crippen LogP contribution in [0, 0.1) is 13.8 Å². The van der Waals surface area contributed by atoms with Crippen LogP contribution >= 0.6 is 0 Å². The predicted octanol–water partition coefficient (Wildman–Crippen LogP) is 5.16. The van der Waals surface area contributed by atoms with Crippen LogP contribution in [0.4, 0.5) is 5.69 Å². The molecule has 1 fully saturated rings. The lowest BCUT2D eigenvalue weighted by atomic mass is 9.94. The first kappa shape index (κ1) is 30.3. The maximum atomic E-state index is 14.2. The quantitative estimate of drug-likeness (QED) is 0.342. The largest absolute Gasteiger partial charge is 0.352 e. The van der Waals surface area contributed by atoms with Crippen molar-refractivity contribution in [2.24, 2.45) is 0 Å². The van der Waals surface area contributed by atoms with Crippen LogP contribution in [-0.2, 0) is 32.6 Å². The monoisotopic (exact) mass is 575 g/mol. The number of amides is 2. The first-order valence-corrected chi connectivity index (χ1v) is 16.2. The van der Waals surface area contributed by atoms with E-state index >= 15 is 0 Å². The average Bonchev–Trinajstić information content (AvgIpc) is 2.94. The van der Waals surface area contributed by atoms with Crippen molar-refractivity contribution in [3.8, 4) is 0 Å². The van der Waals surface area contributed by atoms with Gasteiger partial charge in [-0.1, -0.05) is 91.6 Å². The van der Waals surface area contributed by atoms with Crippen molar-refractivity contribution in [1.29, 1.82) is 0 Å². The molecular formula is C33H41N3O4S. The molecule has 0 radical (unpaired) electrons. The average molecular weight is 576 g/mol. The van der Waals surface area contributed by atoms with Crippen LogP contribution in [0.15, 0.2) is 78.9 Å². The fourth-order valence-electron chi connectivity index (χ4n) is 5.50. The molecule has 0 spiro atoms. The Balaban J connectivity index is 1.72. The Morgan fingerprint density at radius 2 is 1.49 bits per heavy atom. The lowest BCUT2D eigenvalue weighted by Gasteiger charge is -2.35. The number of anilines is 1. The number of nitrogens with zero attached hydrogens (tertiary/aromatic N) is 2. The van der Waals surface area contributed by atoms with Crippen molar-refractivity contribution in [1.82, 2.24) is 10.2 Å². The van der Waals surface area contributed by atoms with Gasteiger partial charge in [0.15, 0.2) is 0 Å². The highest BCUT2D eigenvalue weighted by atomic mass is 32.2. The number of carbonyl (C=O) groups is 2. The summed E-state index contributed by atoms with van der Waals surface area (Å²) < 4.78 is 27.0. The van der Waals surface area contributed by atoms with E-state index in [-0.39, 0.29) is 18.5 Å². The van der Waals surface area contributed by atoms with Gasteiger partial charge < -0.3 is 10.2 Å². The first-order chi connectivity index (χ1) is 19.6. The number of hydrogen-bond donors (Lipinski definition) is 1. The molecule has 0 heterocycles. The first-order valence-electron chi connectivity index (χ1n) is 14.3. The number of carbonyl (C=O) groups excluding carboxylic acids is 2. The van der Waals surface area contributed by atoms with E-state index in [2.05, 4.69) is 5.32 Å². The van der Waals surface area contributed by atoms with E-state index < -0.39 is 28.5 Å². The Morgan fingerprint density at radius 3 is 2.12 bits per heavy atom. The van der Waals surface area contributed by atoms with Crippen molar-refractivity contribution < 1.29 is 18.0 Å². The minimum Gasteiger partial charge on any atom is -0.352 e. The molecule has 1 saturated carbocycles. The van der Waals surface area contributed by atoms with Crippen LogP contribution in [-0.4, -0.2) is 50.0 Å². The second-order valence-corrected chi connectivity index (χ2v) is 13.1. The number of benzene rings is 3. The molecule has 0 aromatic heterocycles. The highest BCUT2D eigenvalue weighted by Gasteiger charge is 2.34. The SMILES string of the molecule is Cc1cccc(CN(C(=O)CN(c2cccc(C)c2)S(C)(=O)=O)[C@@H](Cc2ccccc2)C(=O)NC2CCCCC2)c1. The normalized spacial score (nSPS) is 14.7. The molecule has 4 rings (SSSR count). The summed E-state index contributed by atoms with van der Waals surface area (Å²) in [5.41, 5.74) is 4.15. The Morgan fingerprint density at radius 1 is 0.854 bits per heavy atom. The third kappa shape index (κ3) is 8.67. The Bertz CT molecular complexity index is 1440. The fraction of sp³-hybridized carbons (Fsp3) is 0.394. The van der Waals surface area contributed by atoms with Gasteiger partial charge >= 0.3 is 0 Å². The van der Waals surface area contributed by atoms with Gasteiger partial charge in [0, 0.05) is 19.0 Å². The van der Waals surface area contributed by atoms with Gasteiger partial charge in [-0.3, -0.25) is 13.9 Å². The highest BCUT2D eigenvalue weighted by molar-refractivity contribution is 7.92. The molecule has 0 bridgehead atoms. The van der Waals surface area contributed by atoms with Gasteiger partial charge in [0.2, 0.25) is 21.8 Å². The molecule has 1 N–H and O–H groups in total. The molecule has 1 aliphatic rings. The van der Waals surface area contributed by atoms with Gasteiger partial charge in [0.25, 0.3) is 0 Å². The summed E-state index contributed by atoms with van der Waals surface area (Å²) >= 11 is 0. The Hall–Kier alpha value is -3.65. The van der Waals surface area contributed by atoms with Gasteiger partial charge in [-0.05, 0) is 55.5 Å². The molecule has 218 valence electrons. The molecule has 3 aromatic rings. The third-order valence-electron chi connectivity index (χ3n) is 7.63. The minimum absolute atomic E-state index is 0.0743. The number of hydrogen-bond acceptors (Lipinski definition) is 4. The van der Waals surface area contributed by atoms with Crippen LogP contribution < -0.4 is 9.62 Å². The molecule has 0 aliphatic heterocycles. The zero-order chi connectivity index (χ0) is 29.4. The number of sulfonamides is 1. The standard InChI is InChI=1S/C33H41N3O4S/c1-25-12-10-16-28(20-25)23-35(32(37)24-36(41(3,39)40)30-19-11-13-26(2)21-30)31(22-27-14-6-4-7-15-27)33(38)34-29-17-8-5-9-18-29/h4,6-7,10-16,19-21,29,31H,5,8-9,17-18,22-24H2,1-3H3,(H,34,38)/t31-/m0/s1. The zero-order valence-corrected chi connectivity index (χ0v) is 25.1. The summed E-state index contributed by atoms with van der Waals surface area (Å²) in [6, 6.07) is 23.8. The number of nitrogens with one attached hydrogen (secondary N) is 1. The van der Waals surface area contributed by atoms with Crippen LogP contribution in [0.2, 0.25) is 0 Å². The maximum absolute atomic E-state index is 14.2. The van der Waals surface area contributed by atoms with Crippen LogP contribution in [0.3, 0.4) is 0 Å². The molecule has 1 aliphatic carbocycles. The van der Waals surface area contributed by atoms with Gasteiger partial charge in [-0.15, -0.1) is 0 Å². The molecule has 8 heteroatoms. The van der Waals surface area contributed by atoms with E-state index in [1.165, 1.54) is 0 Å². The number of rotatable bonds is 11. The van der Waals surface area contributed by atoms with Crippen LogP contribution in [0.25, 0.3) is 0 Å². The van der Waals surface area contributed by atoms with Crippen molar-refractivity contribution in [3.05, 3.63) is 101 Å². The topological polar surface area (TPSA) is 86.8 Å². The molecule has 7 nitrogen and oxygen atoms in total. The van der Waals surface area contributed by atoms with E-state index in [4.69, 9.17) is 0 Å². The van der Waals surface area contributed by atoms with Crippen molar-refractivity contribution in [2.45, 2.75) is 71.0 Å². The molecule has 41 heavy (non-hydrogen) atoms. The van der Waals surface area contributed by atoms with Gasteiger partial charge in [0.05, 0.1) is 11.9 Å².